The van der Waals surface area contributed by atoms with Crippen LogP contribution in [0.5, 0.6) is 0 Å². The van der Waals surface area contributed by atoms with Crippen molar-refractivity contribution in [3.63, 3.8) is 0 Å². The Morgan fingerprint density at radius 2 is 2.06 bits per heavy atom. The Morgan fingerprint density at radius 3 is 2.53 bits per heavy atom. The number of carboxylic acid groups (broad SMARTS) is 1. The second-order valence-corrected chi connectivity index (χ2v) is 3.82. The normalized spacial score (nSPS) is 14.4. The highest BCUT2D eigenvalue weighted by Gasteiger charge is 2.36. The molecule has 0 fully saturated rings. The third-order valence-corrected chi connectivity index (χ3v) is 2.47. The Morgan fingerprint density at radius 1 is 1.41 bits per heavy atom. The maximum Gasteiger partial charge on any atom is 0.340 e. The molecule has 0 aromatic heterocycles. The minimum Gasteiger partial charge on any atom is -0.479 e. The lowest BCUT2D eigenvalue weighted by atomic mass is 9.95. The van der Waals surface area contributed by atoms with E-state index in [0.717, 1.165) is 12.1 Å². The lowest BCUT2D eigenvalue weighted by Crippen LogP contribution is -2.36. The van der Waals surface area contributed by atoms with Gasteiger partial charge in [0.15, 0.2) is 17.2 Å². The number of benzene rings is 1. The molecule has 17 heavy (non-hydrogen) atoms. The summed E-state index contributed by atoms with van der Waals surface area (Å²) in [6.45, 7) is 3.37. The van der Waals surface area contributed by atoms with Crippen LogP contribution in [0.3, 0.4) is 0 Å². The standard InChI is InChI=1S/C12H14F2O3/c1-3-6-17-12(2,11(15)16)8-4-5-9(13)10(14)7-8/h4-5,7H,3,6H2,1-2H3,(H,15,16). The number of ether oxygens (including phenoxy) is 1. The van der Waals surface area contributed by atoms with Gasteiger partial charge in [0.2, 0.25) is 0 Å². The van der Waals surface area contributed by atoms with E-state index in [2.05, 4.69) is 0 Å². The number of carboxylic acids is 1. The zero-order valence-corrected chi connectivity index (χ0v) is 9.67. The number of hydrogen-bond donors (Lipinski definition) is 1. The van der Waals surface area contributed by atoms with Crippen LogP contribution in [0.1, 0.15) is 25.8 Å². The monoisotopic (exact) mass is 244 g/mol. The molecule has 1 rings (SSSR count). The lowest BCUT2D eigenvalue weighted by molar-refractivity contribution is -0.165. The fourth-order valence-electron chi connectivity index (χ4n) is 1.37. The van der Waals surface area contributed by atoms with E-state index in [1.54, 1.807) is 0 Å². The Balaban J connectivity index is 3.13. The molecule has 1 aromatic carbocycles. The van der Waals surface area contributed by atoms with E-state index in [1.807, 2.05) is 6.92 Å². The van der Waals surface area contributed by atoms with Crippen LogP contribution in [-0.2, 0) is 15.1 Å². The van der Waals surface area contributed by atoms with Crippen molar-refractivity contribution in [2.45, 2.75) is 25.9 Å². The number of rotatable bonds is 5. The van der Waals surface area contributed by atoms with Gasteiger partial charge in [-0.05, 0) is 31.0 Å². The first-order chi connectivity index (χ1) is 7.91. The Hall–Kier alpha value is -1.49. The maximum absolute atomic E-state index is 13.1. The van der Waals surface area contributed by atoms with Crippen LogP contribution in [-0.4, -0.2) is 17.7 Å². The van der Waals surface area contributed by atoms with E-state index in [4.69, 9.17) is 9.84 Å². The molecular formula is C12H14F2O3. The highest BCUT2D eigenvalue weighted by atomic mass is 19.2. The lowest BCUT2D eigenvalue weighted by Gasteiger charge is -2.25. The van der Waals surface area contributed by atoms with Crippen molar-refractivity contribution < 1.29 is 23.4 Å². The van der Waals surface area contributed by atoms with E-state index in [0.29, 0.717) is 6.42 Å². The second-order valence-electron chi connectivity index (χ2n) is 3.82. The summed E-state index contributed by atoms with van der Waals surface area (Å²) in [5, 5.41) is 9.13. The summed E-state index contributed by atoms with van der Waals surface area (Å²) < 4.78 is 31.1. The number of halogens is 2. The zero-order valence-electron chi connectivity index (χ0n) is 9.67. The van der Waals surface area contributed by atoms with Gasteiger partial charge >= 0.3 is 5.97 Å². The van der Waals surface area contributed by atoms with Crippen LogP contribution in [0.2, 0.25) is 0 Å². The molecule has 0 saturated heterocycles. The first-order valence-electron chi connectivity index (χ1n) is 5.24. The summed E-state index contributed by atoms with van der Waals surface area (Å²) in [6, 6.07) is 2.95. The van der Waals surface area contributed by atoms with Gasteiger partial charge in [0, 0.05) is 6.61 Å². The second kappa shape index (κ2) is 5.23. The van der Waals surface area contributed by atoms with E-state index < -0.39 is 23.2 Å². The SMILES string of the molecule is CCCOC(C)(C(=O)O)c1ccc(F)c(F)c1. The van der Waals surface area contributed by atoms with Crippen molar-refractivity contribution >= 4 is 5.97 Å². The number of hydrogen-bond acceptors (Lipinski definition) is 2. The van der Waals surface area contributed by atoms with Gasteiger partial charge in [0.1, 0.15) is 0 Å². The zero-order chi connectivity index (χ0) is 13.1. The Kier molecular flexibility index (Phi) is 4.17. The Bertz CT molecular complexity index is 420. The van der Waals surface area contributed by atoms with Crippen molar-refractivity contribution in [1.82, 2.24) is 0 Å². The van der Waals surface area contributed by atoms with E-state index in [1.165, 1.54) is 13.0 Å². The summed E-state index contributed by atoms with van der Waals surface area (Å²) in [7, 11) is 0. The molecule has 1 aromatic rings. The van der Waals surface area contributed by atoms with Crippen LogP contribution >= 0.6 is 0 Å². The average molecular weight is 244 g/mol. The van der Waals surface area contributed by atoms with Crippen molar-refractivity contribution in [3.05, 3.63) is 35.4 Å². The van der Waals surface area contributed by atoms with Gasteiger partial charge in [-0.25, -0.2) is 13.6 Å². The van der Waals surface area contributed by atoms with Crippen LogP contribution in [0.4, 0.5) is 8.78 Å². The molecule has 0 spiro atoms. The molecule has 0 bridgehead atoms. The molecule has 0 aliphatic carbocycles. The summed E-state index contributed by atoms with van der Waals surface area (Å²) in [4.78, 5) is 11.2. The molecule has 5 heteroatoms. The molecule has 0 aliphatic rings. The van der Waals surface area contributed by atoms with Gasteiger partial charge in [-0.3, -0.25) is 0 Å². The molecule has 1 atom stereocenters. The smallest absolute Gasteiger partial charge is 0.340 e. The van der Waals surface area contributed by atoms with Gasteiger partial charge < -0.3 is 9.84 Å². The van der Waals surface area contributed by atoms with Gasteiger partial charge in [-0.1, -0.05) is 13.0 Å². The molecule has 1 N–H and O–H groups in total. The topological polar surface area (TPSA) is 46.5 Å². The van der Waals surface area contributed by atoms with Gasteiger partial charge in [0.25, 0.3) is 0 Å². The molecule has 94 valence electrons. The molecule has 0 amide bonds. The van der Waals surface area contributed by atoms with Gasteiger partial charge in [-0.15, -0.1) is 0 Å². The summed E-state index contributed by atoms with van der Waals surface area (Å²) >= 11 is 0. The minimum absolute atomic E-state index is 0.0809. The minimum atomic E-state index is -1.66. The molecule has 3 nitrogen and oxygen atoms in total. The van der Waals surface area contributed by atoms with Crippen LogP contribution in [0.15, 0.2) is 18.2 Å². The highest BCUT2D eigenvalue weighted by Crippen LogP contribution is 2.27. The maximum atomic E-state index is 13.1. The van der Waals surface area contributed by atoms with Crippen molar-refractivity contribution in [3.8, 4) is 0 Å². The van der Waals surface area contributed by atoms with E-state index in [-0.39, 0.29) is 12.2 Å². The molecule has 0 radical (unpaired) electrons. The molecular weight excluding hydrogens is 230 g/mol. The largest absolute Gasteiger partial charge is 0.479 e. The third-order valence-electron chi connectivity index (χ3n) is 2.47. The number of aliphatic carboxylic acids is 1. The highest BCUT2D eigenvalue weighted by molar-refractivity contribution is 5.78. The molecule has 1 unspecified atom stereocenters. The quantitative estimate of drug-likeness (QED) is 0.866. The average Bonchev–Trinajstić information content (AvgIpc) is 2.29. The fourth-order valence-corrected chi connectivity index (χ4v) is 1.37. The third kappa shape index (κ3) is 2.79. The summed E-state index contributed by atoms with van der Waals surface area (Å²) in [5.41, 5.74) is -1.58. The predicted molar refractivity (Wildman–Crippen MR) is 57.6 cm³/mol. The van der Waals surface area contributed by atoms with E-state index >= 15 is 0 Å². The number of carbonyl (C=O) groups is 1. The van der Waals surface area contributed by atoms with Crippen LogP contribution < -0.4 is 0 Å². The predicted octanol–water partition coefficient (Wildman–Crippen LogP) is 2.69. The summed E-state index contributed by atoms with van der Waals surface area (Å²) in [6.07, 6.45) is 0.631. The fraction of sp³-hybridized carbons (Fsp3) is 0.417. The molecule has 0 saturated carbocycles. The van der Waals surface area contributed by atoms with Gasteiger partial charge in [-0.2, -0.15) is 0 Å². The van der Waals surface area contributed by atoms with Crippen molar-refractivity contribution in [2.24, 2.45) is 0 Å². The molecule has 0 heterocycles. The van der Waals surface area contributed by atoms with Crippen LogP contribution in [0.25, 0.3) is 0 Å². The van der Waals surface area contributed by atoms with Crippen molar-refractivity contribution in [1.29, 1.82) is 0 Å². The Labute approximate surface area is 98.0 Å². The molecule has 0 aliphatic heterocycles. The van der Waals surface area contributed by atoms with Crippen molar-refractivity contribution in [2.75, 3.05) is 6.61 Å². The van der Waals surface area contributed by atoms with Crippen LogP contribution in [0, 0.1) is 11.6 Å². The summed E-state index contributed by atoms with van der Waals surface area (Å²) in [5.74, 6) is -3.34. The first kappa shape index (κ1) is 13.6. The van der Waals surface area contributed by atoms with E-state index in [9.17, 15) is 13.6 Å². The first-order valence-corrected chi connectivity index (χ1v) is 5.24. The van der Waals surface area contributed by atoms with Gasteiger partial charge in [0.05, 0.1) is 0 Å².